The van der Waals surface area contributed by atoms with Crippen LogP contribution in [0.25, 0.3) is 0 Å². The van der Waals surface area contributed by atoms with E-state index in [0.29, 0.717) is 5.92 Å². The van der Waals surface area contributed by atoms with Gasteiger partial charge < -0.3 is 0 Å². The van der Waals surface area contributed by atoms with Crippen molar-refractivity contribution in [2.75, 3.05) is 0 Å². The normalized spacial score (nSPS) is 24.9. The van der Waals surface area contributed by atoms with Gasteiger partial charge in [-0.1, -0.05) is 36.5 Å². The molecule has 2 aromatic rings. The number of fused-ring (bicyclic) bond motifs is 1. The maximum absolute atomic E-state index is 14.7. The molecule has 4 heteroatoms. The van der Waals surface area contributed by atoms with Crippen LogP contribution >= 0.6 is 0 Å². The first kappa shape index (κ1) is 23.6. The molecule has 2 saturated carbocycles. The lowest BCUT2D eigenvalue weighted by atomic mass is 9.63. The van der Waals surface area contributed by atoms with Crippen LogP contribution in [0.4, 0.5) is 17.6 Å². The van der Waals surface area contributed by atoms with E-state index < -0.39 is 23.3 Å². The molecular formula is C29H30F4. The van der Waals surface area contributed by atoms with Gasteiger partial charge in [-0.3, -0.25) is 0 Å². The Labute approximate surface area is 194 Å². The molecule has 0 N–H and O–H groups in total. The van der Waals surface area contributed by atoms with Crippen LogP contribution in [-0.2, 0) is 0 Å². The molecule has 174 valence electrons. The molecule has 0 aliphatic heterocycles. The van der Waals surface area contributed by atoms with Crippen molar-refractivity contribution in [3.63, 3.8) is 0 Å². The summed E-state index contributed by atoms with van der Waals surface area (Å²) in [6, 6.07) is 6.74. The molecule has 2 fully saturated rings. The van der Waals surface area contributed by atoms with Crippen molar-refractivity contribution in [3.05, 3.63) is 82.4 Å². The Balaban J connectivity index is 1.40. The molecule has 4 rings (SSSR count). The third kappa shape index (κ3) is 5.69. The molecule has 4 atom stereocenters. The summed E-state index contributed by atoms with van der Waals surface area (Å²) in [7, 11) is 0. The van der Waals surface area contributed by atoms with Crippen LogP contribution in [0.15, 0.2) is 42.5 Å². The second-order valence-electron chi connectivity index (χ2n) is 9.60. The maximum atomic E-state index is 14.7. The van der Waals surface area contributed by atoms with E-state index in [0.717, 1.165) is 48.3 Å². The Kier molecular flexibility index (Phi) is 7.58. The molecule has 0 spiro atoms. The molecule has 0 radical (unpaired) electrons. The zero-order valence-corrected chi connectivity index (χ0v) is 19.0. The third-order valence-corrected chi connectivity index (χ3v) is 7.49. The van der Waals surface area contributed by atoms with Crippen LogP contribution in [0.1, 0.15) is 80.9 Å². The maximum Gasteiger partial charge on any atom is 0.194 e. The lowest BCUT2D eigenvalue weighted by Gasteiger charge is -2.42. The van der Waals surface area contributed by atoms with Crippen LogP contribution in [-0.4, -0.2) is 0 Å². The van der Waals surface area contributed by atoms with Crippen molar-refractivity contribution < 1.29 is 17.6 Å². The third-order valence-electron chi connectivity index (χ3n) is 7.49. The van der Waals surface area contributed by atoms with Crippen LogP contribution < -0.4 is 0 Å². The minimum absolute atomic E-state index is 0.0329. The summed E-state index contributed by atoms with van der Waals surface area (Å²) in [5.41, 5.74) is 1.14. The van der Waals surface area contributed by atoms with Crippen molar-refractivity contribution in [2.45, 2.75) is 64.2 Å². The molecule has 33 heavy (non-hydrogen) atoms. The average Bonchev–Trinajstić information content (AvgIpc) is 2.81. The highest BCUT2D eigenvalue weighted by atomic mass is 19.2. The van der Waals surface area contributed by atoms with E-state index >= 15 is 0 Å². The fourth-order valence-electron chi connectivity index (χ4n) is 5.70. The van der Waals surface area contributed by atoms with Gasteiger partial charge in [0, 0.05) is 5.56 Å². The first-order valence-electron chi connectivity index (χ1n) is 12.0. The highest BCUT2D eigenvalue weighted by Crippen LogP contribution is 2.48. The molecule has 2 aromatic carbocycles. The van der Waals surface area contributed by atoms with Crippen LogP contribution in [0, 0.1) is 52.9 Å². The van der Waals surface area contributed by atoms with E-state index in [1.54, 1.807) is 12.1 Å². The summed E-state index contributed by atoms with van der Waals surface area (Å²) in [6.07, 6.45) is 14.2. The second-order valence-corrected chi connectivity index (χ2v) is 9.60. The fourth-order valence-corrected chi connectivity index (χ4v) is 5.70. The van der Waals surface area contributed by atoms with E-state index in [4.69, 9.17) is 0 Å². The number of benzene rings is 2. The van der Waals surface area contributed by atoms with Gasteiger partial charge in [-0.05, 0) is 105 Å². The predicted molar refractivity (Wildman–Crippen MR) is 124 cm³/mol. The Morgan fingerprint density at radius 1 is 0.848 bits per heavy atom. The zero-order valence-electron chi connectivity index (χ0n) is 19.0. The number of hydrogen-bond donors (Lipinski definition) is 0. The Bertz CT molecular complexity index is 1050. The number of rotatable bonds is 4. The molecule has 0 nitrogen and oxygen atoms in total. The van der Waals surface area contributed by atoms with Gasteiger partial charge in [0.1, 0.15) is 5.82 Å². The fraction of sp³-hybridized carbons (Fsp3) is 0.448. The zero-order chi connectivity index (χ0) is 23.4. The van der Waals surface area contributed by atoms with E-state index in [-0.39, 0.29) is 11.1 Å². The van der Waals surface area contributed by atoms with Gasteiger partial charge in [0.15, 0.2) is 17.5 Å². The topological polar surface area (TPSA) is 0 Å². The number of hydrogen-bond acceptors (Lipinski definition) is 0. The molecule has 0 saturated heterocycles. The van der Waals surface area contributed by atoms with Gasteiger partial charge in [-0.2, -0.15) is 0 Å². The van der Waals surface area contributed by atoms with Crippen LogP contribution in [0.3, 0.4) is 0 Å². The highest BCUT2D eigenvalue weighted by molar-refractivity contribution is 5.45. The van der Waals surface area contributed by atoms with E-state index in [9.17, 15) is 17.6 Å². The van der Waals surface area contributed by atoms with Crippen LogP contribution in [0.2, 0.25) is 0 Å². The van der Waals surface area contributed by atoms with Gasteiger partial charge in [-0.15, -0.1) is 0 Å². The van der Waals surface area contributed by atoms with Crippen molar-refractivity contribution in [3.8, 4) is 11.8 Å². The van der Waals surface area contributed by atoms with Crippen LogP contribution in [0.5, 0.6) is 0 Å². The summed E-state index contributed by atoms with van der Waals surface area (Å²) in [5, 5.41) is 0. The predicted octanol–water partition coefficient (Wildman–Crippen LogP) is 8.30. The second kappa shape index (κ2) is 10.6. The average molecular weight is 455 g/mol. The molecule has 2 aliphatic rings. The minimum Gasteiger partial charge on any atom is -0.206 e. The van der Waals surface area contributed by atoms with Gasteiger partial charge in [0.25, 0.3) is 0 Å². The summed E-state index contributed by atoms with van der Waals surface area (Å²) < 4.78 is 54.5. The van der Waals surface area contributed by atoms with E-state index in [1.807, 2.05) is 6.07 Å². The molecular weight excluding hydrogens is 424 g/mol. The van der Waals surface area contributed by atoms with E-state index in [1.165, 1.54) is 38.5 Å². The molecule has 0 heterocycles. The van der Waals surface area contributed by atoms with Gasteiger partial charge in [0.2, 0.25) is 0 Å². The monoisotopic (exact) mass is 454 g/mol. The van der Waals surface area contributed by atoms with Crippen molar-refractivity contribution in [2.24, 2.45) is 17.8 Å². The first-order chi connectivity index (χ1) is 15.9. The minimum atomic E-state index is -1.53. The lowest BCUT2D eigenvalue weighted by Crippen LogP contribution is -2.30. The number of allylic oxidation sites excluding steroid dienone is 2. The Morgan fingerprint density at radius 3 is 2.30 bits per heavy atom. The quantitative estimate of drug-likeness (QED) is 0.189. The largest absolute Gasteiger partial charge is 0.206 e. The summed E-state index contributed by atoms with van der Waals surface area (Å²) >= 11 is 0. The van der Waals surface area contributed by atoms with Gasteiger partial charge >= 0.3 is 0 Å². The van der Waals surface area contributed by atoms with Gasteiger partial charge in [0.05, 0.1) is 5.56 Å². The Morgan fingerprint density at radius 2 is 1.58 bits per heavy atom. The van der Waals surface area contributed by atoms with Gasteiger partial charge in [-0.25, -0.2) is 17.6 Å². The lowest BCUT2D eigenvalue weighted by molar-refractivity contribution is 0.115. The summed E-state index contributed by atoms with van der Waals surface area (Å²) in [6.45, 7) is 2.08. The first-order valence-corrected chi connectivity index (χ1v) is 12.0. The standard InChI is InChI=1S/C29H30F4/c1-2-3-4-5-19-6-9-23-17-24(13-12-22(23)14-19)25-11-10-21(26(30)18-25)8-7-20-15-27(31)29(33)28(32)16-20/h2-3,10-11,15-16,18-19,22-24H,4-6,9,12-14,17H2,1H3/b3-2+. The van der Waals surface area contributed by atoms with Crippen molar-refractivity contribution >= 4 is 0 Å². The Hall–Kier alpha value is -2.54. The summed E-state index contributed by atoms with van der Waals surface area (Å²) in [5.74, 6) is 3.30. The number of halogens is 4. The van der Waals surface area contributed by atoms with E-state index in [2.05, 4.69) is 30.9 Å². The highest BCUT2D eigenvalue weighted by Gasteiger charge is 2.35. The molecule has 2 aliphatic carbocycles. The van der Waals surface area contributed by atoms with Crippen molar-refractivity contribution in [1.29, 1.82) is 0 Å². The van der Waals surface area contributed by atoms with Crippen molar-refractivity contribution in [1.82, 2.24) is 0 Å². The molecule has 4 unspecified atom stereocenters. The molecule has 0 aromatic heterocycles. The smallest absolute Gasteiger partial charge is 0.194 e. The summed E-state index contributed by atoms with van der Waals surface area (Å²) in [4.78, 5) is 0. The molecule has 0 bridgehead atoms. The molecule has 0 amide bonds. The SMILES string of the molecule is C/C=C/CCC1CCC2CC(c3ccc(C#Cc4cc(F)c(F)c(F)c4)c(F)c3)CCC2C1.